The largest absolute Gasteiger partial charge is 0.337 e. The molecule has 1 N–H and O–H groups in total. The predicted octanol–water partition coefficient (Wildman–Crippen LogP) is 2.64. The van der Waals surface area contributed by atoms with Crippen LogP contribution in [-0.2, 0) is 27.8 Å². The SMILES string of the molecule is CC(C)[C@@H](NS(=O)(=O)c1cccs1)C(=O)N1CCc2ccccc2C1. The summed E-state index contributed by atoms with van der Waals surface area (Å²) < 4.78 is 27.9. The van der Waals surface area contributed by atoms with Crippen LogP contribution < -0.4 is 4.72 Å². The highest BCUT2D eigenvalue weighted by Crippen LogP contribution is 2.22. The second-order valence-electron chi connectivity index (χ2n) is 6.55. The summed E-state index contributed by atoms with van der Waals surface area (Å²) in [6.07, 6.45) is 0.796. The number of carbonyl (C=O) groups is 1. The third-order valence-corrected chi connectivity index (χ3v) is 7.26. The van der Waals surface area contributed by atoms with Crippen molar-refractivity contribution in [2.45, 2.75) is 37.1 Å². The minimum absolute atomic E-state index is 0.139. The summed E-state index contributed by atoms with van der Waals surface area (Å²) in [6.45, 7) is 4.85. The molecule has 0 spiro atoms. The van der Waals surface area contributed by atoms with E-state index in [1.807, 2.05) is 32.0 Å². The normalized spacial score (nSPS) is 15.9. The fourth-order valence-corrected chi connectivity index (χ4v) is 5.34. The van der Waals surface area contributed by atoms with Crippen molar-refractivity contribution in [3.05, 3.63) is 52.9 Å². The fraction of sp³-hybridized carbons (Fsp3) is 0.389. The molecule has 0 bridgehead atoms. The first kappa shape index (κ1) is 18.1. The van der Waals surface area contributed by atoms with Gasteiger partial charge in [0.2, 0.25) is 5.91 Å². The van der Waals surface area contributed by atoms with Gasteiger partial charge in [0.05, 0.1) is 0 Å². The van der Waals surface area contributed by atoms with Gasteiger partial charge in [-0.05, 0) is 34.9 Å². The minimum atomic E-state index is -3.68. The van der Waals surface area contributed by atoms with E-state index in [-0.39, 0.29) is 16.0 Å². The second kappa shape index (κ2) is 7.27. The van der Waals surface area contributed by atoms with Gasteiger partial charge in [-0.3, -0.25) is 4.79 Å². The lowest BCUT2D eigenvalue weighted by atomic mass is 9.97. The molecule has 2 aromatic rings. The molecule has 1 aliphatic heterocycles. The van der Waals surface area contributed by atoms with E-state index in [9.17, 15) is 13.2 Å². The molecule has 7 heteroatoms. The van der Waals surface area contributed by atoms with E-state index in [1.54, 1.807) is 22.4 Å². The Morgan fingerprint density at radius 3 is 2.52 bits per heavy atom. The predicted molar refractivity (Wildman–Crippen MR) is 98.8 cm³/mol. The number of hydrogen-bond acceptors (Lipinski definition) is 4. The molecule has 3 rings (SSSR count). The number of nitrogens with one attached hydrogen (secondary N) is 1. The van der Waals surface area contributed by atoms with Gasteiger partial charge in [-0.2, -0.15) is 4.72 Å². The highest BCUT2D eigenvalue weighted by atomic mass is 32.2. The van der Waals surface area contributed by atoms with Crippen LogP contribution in [0.3, 0.4) is 0 Å². The lowest BCUT2D eigenvalue weighted by molar-refractivity contribution is -0.135. The first-order valence-electron chi connectivity index (χ1n) is 8.30. The van der Waals surface area contributed by atoms with Gasteiger partial charge in [0, 0.05) is 13.1 Å². The molecule has 0 aliphatic carbocycles. The van der Waals surface area contributed by atoms with Crippen molar-refractivity contribution in [3.63, 3.8) is 0 Å². The van der Waals surface area contributed by atoms with Crippen molar-refractivity contribution in [1.29, 1.82) is 0 Å². The molecule has 134 valence electrons. The van der Waals surface area contributed by atoms with Crippen LogP contribution in [0.5, 0.6) is 0 Å². The lowest BCUT2D eigenvalue weighted by Gasteiger charge is -2.33. The fourth-order valence-electron chi connectivity index (χ4n) is 2.99. The van der Waals surface area contributed by atoms with Crippen molar-refractivity contribution < 1.29 is 13.2 Å². The Hall–Kier alpha value is -1.70. The van der Waals surface area contributed by atoms with E-state index < -0.39 is 16.1 Å². The molecule has 0 saturated heterocycles. The van der Waals surface area contributed by atoms with E-state index in [4.69, 9.17) is 0 Å². The summed E-state index contributed by atoms with van der Waals surface area (Å²) in [7, 11) is -3.68. The third kappa shape index (κ3) is 3.94. The molecule has 25 heavy (non-hydrogen) atoms. The molecule has 0 unspecified atom stereocenters. The summed E-state index contributed by atoms with van der Waals surface area (Å²) >= 11 is 1.15. The summed E-state index contributed by atoms with van der Waals surface area (Å²) in [5, 5.41) is 1.71. The highest BCUT2D eigenvalue weighted by molar-refractivity contribution is 7.91. The molecule has 1 amide bonds. The Labute approximate surface area is 152 Å². The van der Waals surface area contributed by atoms with E-state index in [0.717, 1.165) is 23.3 Å². The maximum atomic E-state index is 13.0. The molecule has 1 aliphatic rings. The Balaban J connectivity index is 1.78. The number of rotatable bonds is 5. The van der Waals surface area contributed by atoms with Crippen molar-refractivity contribution in [2.75, 3.05) is 6.54 Å². The summed E-state index contributed by atoms with van der Waals surface area (Å²) in [5.74, 6) is -0.302. The number of nitrogens with zero attached hydrogens (tertiary/aromatic N) is 1. The zero-order valence-electron chi connectivity index (χ0n) is 14.3. The quantitative estimate of drug-likeness (QED) is 0.870. The van der Waals surface area contributed by atoms with Gasteiger partial charge in [0.1, 0.15) is 10.3 Å². The highest BCUT2D eigenvalue weighted by Gasteiger charge is 2.33. The van der Waals surface area contributed by atoms with Gasteiger partial charge in [0.15, 0.2) is 0 Å². The first-order chi connectivity index (χ1) is 11.9. The molecule has 0 radical (unpaired) electrons. The van der Waals surface area contributed by atoms with Crippen LogP contribution in [0.4, 0.5) is 0 Å². The first-order valence-corrected chi connectivity index (χ1v) is 10.7. The monoisotopic (exact) mass is 378 g/mol. The average molecular weight is 379 g/mol. The van der Waals surface area contributed by atoms with Crippen LogP contribution in [0, 0.1) is 5.92 Å². The van der Waals surface area contributed by atoms with Crippen LogP contribution in [-0.4, -0.2) is 31.8 Å². The topological polar surface area (TPSA) is 66.5 Å². The number of fused-ring (bicyclic) bond motifs is 1. The number of amides is 1. The maximum absolute atomic E-state index is 13.0. The van der Waals surface area contributed by atoms with Crippen LogP contribution in [0.2, 0.25) is 0 Å². The number of hydrogen-bond donors (Lipinski definition) is 1. The number of carbonyl (C=O) groups excluding carboxylic acids is 1. The third-order valence-electron chi connectivity index (χ3n) is 4.42. The number of thiophene rings is 1. The Bertz CT molecular complexity index is 845. The van der Waals surface area contributed by atoms with Gasteiger partial charge in [-0.1, -0.05) is 44.2 Å². The minimum Gasteiger partial charge on any atom is -0.337 e. The van der Waals surface area contributed by atoms with Gasteiger partial charge in [-0.15, -0.1) is 11.3 Å². The van der Waals surface area contributed by atoms with Crippen molar-refractivity contribution in [3.8, 4) is 0 Å². The van der Waals surface area contributed by atoms with Crippen molar-refractivity contribution in [2.24, 2.45) is 5.92 Å². The van der Waals surface area contributed by atoms with Crippen molar-refractivity contribution >= 4 is 27.3 Å². The molecule has 0 fully saturated rings. The molecule has 1 aromatic carbocycles. The lowest BCUT2D eigenvalue weighted by Crippen LogP contribution is -2.52. The van der Waals surface area contributed by atoms with Crippen LogP contribution in [0.25, 0.3) is 0 Å². The van der Waals surface area contributed by atoms with Crippen LogP contribution >= 0.6 is 11.3 Å². The molecular formula is C18H22N2O3S2. The molecular weight excluding hydrogens is 356 g/mol. The summed E-state index contributed by atoms with van der Waals surface area (Å²) in [5.41, 5.74) is 2.39. The van der Waals surface area contributed by atoms with E-state index in [2.05, 4.69) is 10.8 Å². The van der Waals surface area contributed by atoms with Gasteiger partial charge >= 0.3 is 0 Å². The molecule has 5 nitrogen and oxygen atoms in total. The van der Waals surface area contributed by atoms with E-state index in [0.29, 0.717) is 13.1 Å². The number of sulfonamides is 1. The smallest absolute Gasteiger partial charge is 0.250 e. The zero-order valence-corrected chi connectivity index (χ0v) is 15.9. The zero-order chi connectivity index (χ0) is 18.0. The molecule has 2 heterocycles. The number of benzene rings is 1. The molecule has 0 saturated carbocycles. The Morgan fingerprint density at radius 1 is 1.16 bits per heavy atom. The van der Waals surface area contributed by atoms with Crippen LogP contribution in [0.15, 0.2) is 46.0 Å². The Kier molecular flexibility index (Phi) is 5.27. The van der Waals surface area contributed by atoms with Crippen LogP contribution in [0.1, 0.15) is 25.0 Å². The average Bonchev–Trinajstić information content (AvgIpc) is 3.14. The van der Waals surface area contributed by atoms with Gasteiger partial charge in [-0.25, -0.2) is 8.42 Å². The van der Waals surface area contributed by atoms with E-state index in [1.165, 1.54) is 5.56 Å². The van der Waals surface area contributed by atoms with Gasteiger partial charge in [0.25, 0.3) is 10.0 Å². The maximum Gasteiger partial charge on any atom is 0.250 e. The standard InChI is InChI=1S/C18H22N2O3S2/c1-13(2)17(19-25(22,23)16-8-5-11-24-16)18(21)20-10-9-14-6-3-4-7-15(14)12-20/h3-8,11,13,17,19H,9-10,12H2,1-2H3/t17-/m1/s1. The Morgan fingerprint density at radius 2 is 1.88 bits per heavy atom. The summed E-state index contributed by atoms with van der Waals surface area (Å²) in [6, 6.07) is 10.5. The van der Waals surface area contributed by atoms with Gasteiger partial charge < -0.3 is 4.90 Å². The molecule has 1 atom stereocenters. The molecule has 1 aromatic heterocycles. The van der Waals surface area contributed by atoms with E-state index >= 15 is 0 Å². The van der Waals surface area contributed by atoms with Crippen molar-refractivity contribution in [1.82, 2.24) is 9.62 Å². The second-order valence-corrected chi connectivity index (χ2v) is 9.44. The summed E-state index contributed by atoms with van der Waals surface area (Å²) in [4.78, 5) is 14.8.